The van der Waals surface area contributed by atoms with E-state index in [2.05, 4.69) is 12.7 Å². The van der Waals surface area contributed by atoms with Gasteiger partial charge in [-0.05, 0) is 50.4 Å². The van der Waals surface area contributed by atoms with Gasteiger partial charge in [0, 0.05) is 12.3 Å². The summed E-state index contributed by atoms with van der Waals surface area (Å²) >= 11 is 0. The molecule has 2 aliphatic carbocycles. The molecule has 0 radical (unpaired) electrons. The fraction of sp³-hybridized carbons (Fsp3) is 0.842. The number of hydrogen-bond acceptors (Lipinski definition) is 1. The van der Waals surface area contributed by atoms with Gasteiger partial charge in [-0.2, -0.15) is 0 Å². The summed E-state index contributed by atoms with van der Waals surface area (Å²) in [7, 11) is 0. The van der Waals surface area contributed by atoms with Gasteiger partial charge in [-0.3, -0.25) is 4.79 Å². The largest absolute Gasteiger partial charge is 0.299 e. The lowest BCUT2D eigenvalue weighted by Gasteiger charge is -2.28. The smallest absolute Gasteiger partial charge is 0.135 e. The molecule has 0 saturated heterocycles. The third kappa shape index (κ3) is 5.07. The number of carbonyl (C=O) groups is 1. The minimum atomic E-state index is 0.423. The van der Waals surface area contributed by atoms with Gasteiger partial charge in [-0.15, -0.1) is 6.58 Å². The van der Waals surface area contributed by atoms with Crippen molar-refractivity contribution in [2.24, 2.45) is 17.8 Å². The highest BCUT2D eigenvalue weighted by Gasteiger charge is 2.22. The standard InChI is InChI=1S/C19H32O/c1-2-7-16-12-14-17(15-13-16)8-3-4-9-18-10-5-6-11-19(18)20/h2,16-18H,1,3-15H2. The number of allylic oxidation sites excluding steroid dienone is 1. The molecule has 2 saturated carbocycles. The van der Waals surface area contributed by atoms with Crippen molar-refractivity contribution >= 4 is 5.78 Å². The third-order valence-electron chi connectivity index (χ3n) is 5.56. The minimum absolute atomic E-state index is 0.423. The summed E-state index contributed by atoms with van der Waals surface area (Å²) < 4.78 is 0. The van der Waals surface area contributed by atoms with Gasteiger partial charge in [0.05, 0.1) is 0 Å². The lowest BCUT2D eigenvalue weighted by atomic mass is 9.78. The van der Waals surface area contributed by atoms with Crippen molar-refractivity contribution < 1.29 is 4.79 Å². The molecule has 0 aliphatic heterocycles. The Labute approximate surface area is 125 Å². The van der Waals surface area contributed by atoms with Gasteiger partial charge in [0.2, 0.25) is 0 Å². The quantitative estimate of drug-likeness (QED) is 0.431. The summed E-state index contributed by atoms with van der Waals surface area (Å²) in [5, 5.41) is 0. The molecule has 20 heavy (non-hydrogen) atoms. The summed E-state index contributed by atoms with van der Waals surface area (Å²) in [6.07, 6.45) is 18.7. The Hall–Kier alpha value is -0.590. The molecule has 1 heteroatoms. The molecule has 1 atom stereocenters. The van der Waals surface area contributed by atoms with Crippen molar-refractivity contribution in [1.29, 1.82) is 0 Å². The zero-order valence-corrected chi connectivity index (χ0v) is 13.1. The highest BCUT2D eigenvalue weighted by Crippen LogP contribution is 2.34. The Bertz CT molecular complexity index is 299. The molecule has 0 N–H and O–H groups in total. The molecular formula is C19H32O. The topological polar surface area (TPSA) is 17.1 Å². The minimum Gasteiger partial charge on any atom is -0.299 e. The fourth-order valence-corrected chi connectivity index (χ4v) is 4.18. The Morgan fingerprint density at radius 1 is 0.950 bits per heavy atom. The van der Waals surface area contributed by atoms with Crippen molar-refractivity contribution in [2.45, 2.75) is 83.5 Å². The van der Waals surface area contributed by atoms with Crippen LogP contribution in [0.1, 0.15) is 83.5 Å². The van der Waals surface area contributed by atoms with Crippen LogP contribution in [0.2, 0.25) is 0 Å². The molecule has 0 aromatic carbocycles. The van der Waals surface area contributed by atoms with E-state index in [1.165, 1.54) is 70.6 Å². The first-order chi connectivity index (χ1) is 9.79. The maximum atomic E-state index is 11.8. The number of carbonyl (C=O) groups excluding carboxylic acids is 1. The van der Waals surface area contributed by atoms with Crippen LogP contribution in [0, 0.1) is 17.8 Å². The highest BCUT2D eigenvalue weighted by molar-refractivity contribution is 5.81. The number of rotatable bonds is 7. The van der Waals surface area contributed by atoms with E-state index in [-0.39, 0.29) is 0 Å². The molecule has 0 aromatic heterocycles. The molecule has 1 unspecified atom stereocenters. The van der Waals surface area contributed by atoms with Crippen molar-refractivity contribution in [3.05, 3.63) is 12.7 Å². The van der Waals surface area contributed by atoms with Gasteiger partial charge < -0.3 is 0 Å². The third-order valence-corrected chi connectivity index (χ3v) is 5.56. The van der Waals surface area contributed by atoms with Crippen LogP contribution in [0.25, 0.3) is 0 Å². The molecule has 0 amide bonds. The van der Waals surface area contributed by atoms with E-state index in [1.54, 1.807) is 0 Å². The molecule has 2 aliphatic rings. The summed E-state index contributed by atoms with van der Waals surface area (Å²) in [6.45, 7) is 3.86. The van der Waals surface area contributed by atoms with Gasteiger partial charge in [-0.1, -0.05) is 44.6 Å². The zero-order chi connectivity index (χ0) is 14.2. The molecule has 1 nitrogen and oxygen atoms in total. The van der Waals surface area contributed by atoms with Crippen LogP contribution in [0.4, 0.5) is 0 Å². The fourth-order valence-electron chi connectivity index (χ4n) is 4.18. The molecule has 0 spiro atoms. The van der Waals surface area contributed by atoms with E-state index in [0.29, 0.717) is 11.7 Å². The van der Waals surface area contributed by atoms with Crippen LogP contribution in [-0.2, 0) is 4.79 Å². The normalized spacial score (nSPS) is 31.2. The van der Waals surface area contributed by atoms with Gasteiger partial charge in [0.1, 0.15) is 5.78 Å². The zero-order valence-electron chi connectivity index (χ0n) is 13.1. The lowest BCUT2D eigenvalue weighted by Crippen LogP contribution is -2.19. The van der Waals surface area contributed by atoms with E-state index >= 15 is 0 Å². The number of ketones is 1. The summed E-state index contributed by atoms with van der Waals surface area (Å²) in [6, 6.07) is 0. The highest BCUT2D eigenvalue weighted by atomic mass is 16.1. The Kier molecular flexibility index (Phi) is 6.82. The Balaban J connectivity index is 1.53. The van der Waals surface area contributed by atoms with Gasteiger partial charge in [-0.25, -0.2) is 0 Å². The van der Waals surface area contributed by atoms with Gasteiger partial charge in [0.15, 0.2) is 0 Å². The van der Waals surface area contributed by atoms with Crippen molar-refractivity contribution in [1.82, 2.24) is 0 Å². The molecule has 0 heterocycles. The van der Waals surface area contributed by atoms with E-state index in [1.807, 2.05) is 0 Å². The first kappa shape index (κ1) is 15.8. The first-order valence-electron chi connectivity index (χ1n) is 8.93. The number of hydrogen-bond donors (Lipinski definition) is 0. The average molecular weight is 276 g/mol. The molecule has 0 aromatic rings. The number of unbranched alkanes of at least 4 members (excludes halogenated alkanes) is 1. The maximum Gasteiger partial charge on any atom is 0.135 e. The van der Waals surface area contributed by atoms with Gasteiger partial charge >= 0.3 is 0 Å². The Morgan fingerprint density at radius 3 is 2.35 bits per heavy atom. The molecule has 2 rings (SSSR count). The van der Waals surface area contributed by atoms with Crippen molar-refractivity contribution in [3.8, 4) is 0 Å². The van der Waals surface area contributed by atoms with E-state index < -0.39 is 0 Å². The van der Waals surface area contributed by atoms with Crippen molar-refractivity contribution in [2.75, 3.05) is 0 Å². The average Bonchev–Trinajstić information content (AvgIpc) is 2.47. The van der Waals surface area contributed by atoms with Crippen molar-refractivity contribution in [3.63, 3.8) is 0 Å². The second kappa shape index (κ2) is 8.64. The van der Waals surface area contributed by atoms with E-state index in [0.717, 1.165) is 24.7 Å². The van der Waals surface area contributed by atoms with E-state index in [4.69, 9.17) is 0 Å². The molecule has 114 valence electrons. The van der Waals surface area contributed by atoms with Crippen LogP contribution in [0.3, 0.4) is 0 Å². The van der Waals surface area contributed by atoms with E-state index in [9.17, 15) is 4.79 Å². The van der Waals surface area contributed by atoms with Crippen LogP contribution in [0.5, 0.6) is 0 Å². The van der Waals surface area contributed by atoms with Crippen LogP contribution >= 0.6 is 0 Å². The molecular weight excluding hydrogens is 244 g/mol. The Morgan fingerprint density at radius 2 is 1.65 bits per heavy atom. The summed E-state index contributed by atoms with van der Waals surface area (Å²) in [5.74, 6) is 2.87. The summed E-state index contributed by atoms with van der Waals surface area (Å²) in [5.41, 5.74) is 0. The second-order valence-electron chi connectivity index (χ2n) is 7.10. The number of Topliss-reactive ketones (excluding diaryl/α,β-unsaturated/α-hetero) is 1. The monoisotopic (exact) mass is 276 g/mol. The molecule has 0 bridgehead atoms. The SMILES string of the molecule is C=CCC1CCC(CCCCC2CCCCC2=O)CC1. The van der Waals surface area contributed by atoms with Crippen LogP contribution < -0.4 is 0 Å². The van der Waals surface area contributed by atoms with Gasteiger partial charge in [0.25, 0.3) is 0 Å². The summed E-state index contributed by atoms with van der Waals surface area (Å²) in [4.78, 5) is 11.8. The lowest BCUT2D eigenvalue weighted by molar-refractivity contribution is -0.124. The second-order valence-corrected chi connectivity index (χ2v) is 7.10. The predicted molar refractivity (Wildman–Crippen MR) is 85.7 cm³/mol. The predicted octanol–water partition coefficient (Wildman–Crippen LogP) is 5.69. The first-order valence-corrected chi connectivity index (χ1v) is 8.93. The molecule has 2 fully saturated rings. The maximum absolute atomic E-state index is 11.8. The van der Waals surface area contributed by atoms with Crippen LogP contribution in [0.15, 0.2) is 12.7 Å². The van der Waals surface area contributed by atoms with Crippen LogP contribution in [-0.4, -0.2) is 5.78 Å².